The molecule has 36 heavy (non-hydrogen) atoms. The van der Waals surface area contributed by atoms with Crippen LogP contribution in [0.1, 0.15) is 36.7 Å². The van der Waals surface area contributed by atoms with Gasteiger partial charge in [0.05, 0.1) is 30.5 Å². The number of carbonyl (C=O) groups excluding carboxylic acids is 2. The van der Waals surface area contributed by atoms with Gasteiger partial charge in [-0.25, -0.2) is 0 Å². The van der Waals surface area contributed by atoms with Crippen LogP contribution in [0.2, 0.25) is 0 Å². The lowest BCUT2D eigenvalue weighted by Gasteiger charge is -2.25. The molecule has 7 heteroatoms. The predicted molar refractivity (Wildman–Crippen MR) is 140 cm³/mol. The van der Waals surface area contributed by atoms with Crippen molar-refractivity contribution in [2.45, 2.75) is 26.4 Å². The number of carbonyl (C=O) groups is 2. The summed E-state index contributed by atoms with van der Waals surface area (Å²) < 4.78 is 5.73. The Morgan fingerprint density at radius 1 is 1.03 bits per heavy atom. The molecule has 2 aromatic carbocycles. The first-order chi connectivity index (χ1) is 17.3. The lowest BCUT2D eigenvalue weighted by atomic mass is 9.95. The van der Waals surface area contributed by atoms with Crippen LogP contribution in [0.5, 0.6) is 5.75 Å². The highest BCUT2D eigenvalue weighted by atomic mass is 16.5. The van der Waals surface area contributed by atoms with E-state index >= 15 is 0 Å². The van der Waals surface area contributed by atoms with Gasteiger partial charge in [-0.2, -0.15) is 0 Å². The zero-order chi connectivity index (χ0) is 25.8. The molecule has 1 saturated heterocycles. The first-order valence-electron chi connectivity index (χ1n) is 11.9. The van der Waals surface area contributed by atoms with Crippen LogP contribution >= 0.6 is 0 Å². The van der Waals surface area contributed by atoms with Gasteiger partial charge in [0.1, 0.15) is 11.5 Å². The number of amides is 1. The average Bonchev–Trinajstić information content (AvgIpc) is 3.13. The molecule has 7 nitrogen and oxygen atoms in total. The third kappa shape index (κ3) is 5.25. The molecule has 1 unspecified atom stereocenters. The van der Waals surface area contributed by atoms with Crippen molar-refractivity contribution in [3.8, 4) is 5.75 Å². The number of aliphatic hydroxyl groups excluding tert-OH is 1. The number of nitrogens with zero attached hydrogens (tertiary/aromatic N) is 3. The fourth-order valence-corrected chi connectivity index (χ4v) is 4.14. The minimum Gasteiger partial charge on any atom is -0.507 e. The molecule has 1 aromatic heterocycles. The monoisotopic (exact) mass is 485 g/mol. The van der Waals surface area contributed by atoms with Crippen molar-refractivity contribution >= 4 is 23.1 Å². The van der Waals surface area contributed by atoms with E-state index in [1.165, 1.54) is 4.90 Å². The maximum atomic E-state index is 13.3. The second-order valence-electron chi connectivity index (χ2n) is 9.46. The topological polar surface area (TPSA) is 83.0 Å². The number of aliphatic hydroxyl groups is 1. The van der Waals surface area contributed by atoms with Crippen molar-refractivity contribution in [2.75, 3.05) is 25.6 Å². The number of Topliss-reactive ketones (excluding diaryl/α,β-unsaturated/α-hetero) is 1. The summed E-state index contributed by atoms with van der Waals surface area (Å²) in [6.45, 7) is 4.85. The van der Waals surface area contributed by atoms with Gasteiger partial charge in [0.2, 0.25) is 0 Å². The summed E-state index contributed by atoms with van der Waals surface area (Å²) in [5, 5.41) is 11.3. The van der Waals surface area contributed by atoms with Gasteiger partial charge in [-0.1, -0.05) is 32.0 Å². The van der Waals surface area contributed by atoms with Gasteiger partial charge in [-0.3, -0.25) is 14.6 Å². The van der Waals surface area contributed by atoms with E-state index in [2.05, 4.69) is 18.8 Å². The molecule has 0 saturated carbocycles. The quantitative estimate of drug-likeness (QED) is 0.280. The van der Waals surface area contributed by atoms with E-state index in [1.54, 1.807) is 42.6 Å². The Hall–Kier alpha value is -4.13. The van der Waals surface area contributed by atoms with Crippen molar-refractivity contribution in [3.63, 3.8) is 0 Å². The van der Waals surface area contributed by atoms with Crippen LogP contribution < -0.4 is 9.64 Å². The number of benzene rings is 2. The minimum absolute atomic E-state index is 0.0596. The standard InChI is InChI=1S/C29H31N3O4/c1-19(2)18-36-24-14-10-21(11-15-24)27(33)25-26(20-8-12-23(13-9-20)31(3)4)32(29(35)28(25)34)17-22-7-5-6-16-30-22/h5-16,19,26,33H,17-18H2,1-4H3/b27-25-. The lowest BCUT2D eigenvalue weighted by Crippen LogP contribution is -2.29. The minimum atomic E-state index is -0.750. The van der Waals surface area contributed by atoms with E-state index in [0.29, 0.717) is 29.5 Å². The number of aromatic nitrogens is 1. The number of ketones is 1. The zero-order valence-electron chi connectivity index (χ0n) is 21.0. The zero-order valence-corrected chi connectivity index (χ0v) is 21.0. The number of ether oxygens (including phenoxy) is 1. The highest BCUT2D eigenvalue weighted by molar-refractivity contribution is 6.46. The number of likely N-dealkylation sites (tertiary alicyclic amines) is 1. The van der Waals surface area contributed by atoms with E-state index < -0.39 is 17.7 Å². The van der Waals surface area contributed by atoms with Crippen LogP contribution in [-0.4, -0.2) is 47.4 Å². The second kappa shape index (κ2) is 10.6. The Bertz CT molecular complexity index is 1250. The van der Waals surface area contributed by atoms with Gasteiger partial charge >= 0.3 is 0 Å². The van der Waals surface area contributed by atoms with Gasteiger partial charge in [-0.05, 0) is 60.0 Å². The fourth-order valence-electron chi connectivity index (χ4n) is 4.14. The molecule has 2 heterocycles. The lowest BCUT2D eigenvalue weighted by molar-refractivity contribution is -0.140. The predicted octanol–water partition coefficient (Wildman–Crippen LogP) is 4.80. The summed E-state index contributed by atoms with van der Waals surface area (Å²) in [7, 11) is 3.88. The van der Waals surface area contributed by atoms with Gasteiger partial charge in [-0.15, -0.1) is 0 Å². The molecule has 3 aromatic rings. The first kappa shape index (κ1) is 25.0. The van der Waals surface area contributed by atoms with Crippen LogP contribution in [0.15, 0.2) is 78.5 Å². The molecule has 1 aliphatic rings. The maximum absolute atomic E-state index is 13.3. The molecule has 1 N–H and O–H groups in total. The first-order valence-corrected chi connectivity index (χ1v) is 11.9. The summed E-state index contributed by atoms with van der Waals surface area (Å²) >= 11 is 0. The van der Waals surface area contributed by atoms with Crippen LogP contribution in [-0.2, 0) is 16.1 Å². The molecule has 0 aliphatic carbocycles. The fraction of sp³-hybridized carbons (Fsp3) is 0.276. The number of rotatable bonds is 8. The van der Waals surface area contributed by atoms with E-state index in [-0.39, 0.29) is 17.9 Å². The van der Waals surface area contributed by atoms with Crippen molar-refractivity contribution < 1.29 is 19.4 Å². The third-order valence-corrected chi connectivity index (χ3v) is 6.03. The van der Waals surface area contributed by atoms with Crippen LogP contribution in [0, 0.1) is 5.92 Å². The molecule has 1 aliphatic heterocycles. The van der Waals surface area contributed by atoms with Crippen LogP contribution in [0.3, 0.4) is 0 Å². The summed E-state index contributed by atoms with van der Waals surface area (Å²) in [6.07, 6.45) is 1.65. The van der Waals surface area contributed by atoms with Crippen molar-refractivity contribution in [3.05, 3.63) is 95.3 Å². The largest absolute Gasteiger partial charge is 0.507 e. The van der Waals surface area contributed by atoms with Gasteiger partial charge in [0, 0.05) is 31.5 Å². The van der Waals surface area contributed by atoms with Gasteiger partial charge in [0.15, 0.2) is 0 Å². The summed E-state index contributed by atoms with van der Waals surface area (Å²) in [6, 6.07) is 19.2. The summed E-state index contributed by atoms with van der Waals surface area (Å²) in [5.41, 5.74) is 2.87. The highest BCUT2D eigenvalue weighted by Crippen LogP contribution is 2.40. The van der Waals surface area contributed by atoms with Crippen LogP contribution in [0.4, 0.5) is 5.69 Å². The molecular formula is C29H31N3O4. The Morgan fingerprint density at radius 2 is 1.72 bits per heavy atom. The molecule has 1 atom stereocenters. The smallest absolute Gasteiger partial charge is 0.296 e. The van der Waals surface area contributed by atoms with Gasteiger partial charge in [0.25, 0.3) is 11.7 Å². The molecule has 0 bridgehead atoms. The Balaban J connectivity index is 1.76. The second-order valence-corrected chi connectivity index (χ2v) is 9.46. The summed E-state index contributed by atoms with van der Waals surface area (Å²) in [5.74, 6) is -0.543. The third-order valence-electron chi connectivity index (χ3n) is 6.03. The highest BCUT2D eigenvalue weighted by Gasteiger charge is 2.46. The number of pyridine rings is 1. The molecule has 186 valence electrons. The van der Waals surface area contributed by atoms with Crippen LogP contribution in [0.25, 0.3) is 5.76 Å². The Labute approximate surface area is 211 Å². The number of hydrogen-bond donors (Lipinski definition) is 1. The molecule has 1 amide bonds. The average molecular weight is 486 g/mol. The maximum Gasteiger partial charge on any atom is 0.296 e. The normalized spacial score (nSPS) is 17.0. The summed E-state index contributed by atoms with van der Waals surface area (Å²) in [4.78, 5) is 34.2. The number of hydrogen-bond acceptors (Lipinski definition) is 6. The van der Waals surface area contributed by atoms with Crippen molar-refractivity contribution in [1.82, 2.24) is 9.88 Å². The SMILES string of the molecule is CC(C)COc1ccc(/C(O)=C2/C(=O)C(=O)N(Cc3ccccn3)C2c2ccc(N(C)C)cc2)cc1. The van der Waals surface area contributed by atoms with E-state index in [0.717, 1.165) is 11.3 Å². The molecule has 4 rings (SSSR count). The number of anilines is 1. The molecule has 0 spiro atoms. The Kier molecular flexibility index (Phi) is 7.38. The van der Waals surface area contributed by atoms with E-state index in [9.17, 15) is 14.7 Å². The molecular weight excluding hydrogens is 454 g/mol. The van der Waals surface area contributed by atoms with E-state index in [1.807, 2.05) is 49.3 Å². The molecule has 0 radical (unpaired) electrons. The van der Waals surface area contributed by atoms with Gasteiger partial charge < -0.3 is 19.6 Å². The van der Waals surface area contributed by atoms with E-state index in [4.69, 9.17) is 4.74 Å². The van der Waals surface area contributed by atoms with Crippen molar-refractivity contribution in [2.24, 2.45) is 5.92 Å². The molecule has 1 fully saturated rings. The van der Waals surface area contributed by atoms with Crippen molar-refractivity contribution in [1.29, 1.82) is 0 Å². The Morgan fingerprint density at radius 3 is 2.31 bits per heavy atom.